The maximum Gasteiger partial charge on any atom is 0.251 e. The Bertz CT molecular complexity index is 695. The van der Waals surface area contributed by atoms with Gasteiger partial charge in [-0.25, -0.2) is 4.68 Å². The number of aryl methyl sites for hydroxylation is 1. The molecule has 0 aliphatic rings. The molecule has 0 radical (unpaired) electrons. The summed E-state index contributed by atoms with van der Waals surface area (Å²) in [5.74, 6) is -0.128. The molecule has 1 heterocycles. The molecule has 0 aliphatic heterocycles. The average molecular weight is 402 g/mol. The second kappa shape index (κ2) is 7.47. The summed E-state index contributed by atoms with van der Waals surface area (Å²) in [6.45, 7) is 8.12. The number of halogens is 2. The summed E-state index contributed by atoms with van der Waals surface area (Å²) in [7, 11) is 0. The lowest BCUT2D eigenvalue weighted by molar-refractivity contribution is 0.0915. The maximum atomic E-state index is 12.2. The SMILES string of the molecule is Cc1nn(-c2ccc(C(=O)NC(C)(C)CN)cc2)c(C)c1Br.Cl. The number of rotatable bonds is 4. The van der Waals surface area contributed by atoms with Crippen LogP contribution >= 0.6 is 28.3 Å². The highest BCUT2D eigenvalue weighted by atomic mass is 79.9. The molecule has 23 heavy (non-hydrogen) atoms. The first-order chi connectivity index (χ1) is 10.2. The van der Waals surface area contributed by atoms with E-state index < -0.39 is 5.54 Å². The highest BCUT2D eigenvalue weighted by Gasteiger charge is 2.19. The van der Waals surface area contributed by atoms with E-state index in [1.54, 1.807) is 12.1 Å². The van der Waals surface area contributed by atoms with Crippen LogP contribution in [0, 0.1) is 13.8 Å². The van der Waals surface area contributed by atoms with Crippen LogP contribution in [-0.2, 0) is 0 Å². The quantitative estimate of drug-likeness (QED) is 0.826. The lowest BCUT2D eigenvalue weighted by Gasteiger charge is -2.24. The van der Waals surface area contributed by atoms with Crippen molar-refractivity contribution in [3.63, 3.8) is 0 Å². The van der Waals surface area contributed by atoms with Gasteiger partial charge in [0.25, 0.3) is 5.91 Å². The zero-order chi connectivity index (χ0) is 16.5. The van der Waals surface area contributed by atoms with E-state index >= 15 is 0 Å². The normalized spacial score (nSPS) is 11.0. The smallest absolute Gasteiger partial charge is 0.251 e. The Balaban J connectivity index is 0.00000264. The molecule has 1 aromatic carbocycles. The van der Waals surface area contributed by atoms with Crippen LogP contribution in [0.25, 0.3) is 5.69 Å². The van der Waals surface area contributed by atoms with Gasteiger partial charge < -0.3 is 11.1 Å². The van der Waals surface area contributed by atoms with Crippen LogP contribution in [0.15, 0.2) is 28.7 Å². The fourth-order valence-corrected chi connectivity index (χ4v) is 2.31. The van der Waals surface area contributed by atoms with Crippen LogP contribution in [0.5, 0.6) is 0 Å². The number of nitrogens with two attached hydrogens (primary N) is 1. The Morgan fingerprint density at radius 3 is 2.30 bits per heavy atom. The zero-order valence-electron chi connectivity index (χ0n) is 13.7. The topological polar surface area (TPSA) is 72.9 Å². The highest BCUT2D eigenvalue weighted by molar-refractivity contribution is 9.10. The summed E-state index contributed by atoms with van der Waals surface area (Å²) >= 11 is 3.52. The molecule has 0 unspecified atom stereocenters. The van der Waals surface area contributed by atoms with Crippen molar-refractivity contribution in [2.24, 2.45) is 5.73 Å². The number of benzene rings is 1. The third-order valence-corrected chi connectivity index (χ3v) is 4.69. The van der Waals surface area contributed by atoms with E-state index in [1.165, 1.54) is 0 Å². The second-order valence-electron chi connectivity index (χ2n) is 5.99. The Morgan fingerprint density at radius 1 is 1.30 bits per heavy atom. The molecule has 0 aliphatic carbocycles. The van der Waals surface area contributed by atoms with Crippen molar-refractivity contribution in [2.75, 3.05) is 6.54 Å². The number of amides is 1. The number of carbonyl (C=O) groups excluding carboxylic acids is 1. The number of hydrogen-bond donors (Lipinski definition) is 2. The molecule has 126 valence electrons. The Hall–Kier alpha value is -1.37. The number of aromatic nitrogens is 2. The molecule has 0 saturated carbocycles. The fraction of sp³-hybridized carbons (Fsp3) is 0.375. The Labute approximate surface area is 151 Å². The molecule has 0 spiro atoms. The average Bonchev–Trinajstić information content (AvgIpc) is 2.74. The number of nitrogens with one attached hydrogen (secondary N) is 1. The van der Waals surface area contributed by atoms with Crippen LogP contribution in [0.2, 0.25) is 0 Å². The third kappa shape index (κ3) is 4.34. The standard InChI is InChI=1S/C16H21BrN4O.ClH/c1-10-14(17)11(2)21(20-10)13-7-5-12(6-8-13)15(22)19-16(3,4)9-18;/h5-8H,9,18H2,1-4H3,(H,19,22);1H. The molecule has 1 aromatic heterocycles. The summed E-state index contributed by atoms with van der Waals surface area (Å²) in [4.78, 5) is 12.2. The van der Waals surface area contributed by atoms with Crippen molar-refractivity contribution in [1.29, 1.82) is 0 Å². The first kappa shape index (κ1) is 19.7. The molecular formula is C16H22BrClN4O. The highest BCUT2D eigenvalue weighted by Crippen LogP contribution is 2.23. The molecule has 5 nitrogen and oxygen atoms in total. The van der Waals surface area contributed by atoms with Gasteiger partial charge in [0.05, 0.1) is 21.5 Å². The molecule has 0 saturated heterocycles. The fourth-order valence-electron chi connectivity index (χ4n) is 2.06. The van der Waals surface area contributed by atoms with Crippen LogP contribution in [0.3, 0.4) is 0 Å². The predicted octanol–water partition coefficient (Wildman–Crippen LogP) is 3.14. The molecule has 2 rings (SSSR count). The Kier molecular flexibility index (Phi) is 6.39. The van der Waals surface area contributed by atoms with Gasteiger partial charge in [-0.2, -0.15) is 5.10 Å². The Morgan fingerprint density at radius 2 is 1.87 bits per heavy atom. The zero-order valence-corrected chi connectivity index (χ0v) is 16.1. The van der Waals surface area contributed by atoms with E-state index in [2.05, 4.69) is 26.3 Å². The van der Waals surface area contributed by atoms with E-state index in [9.17, 15) is 4.79 Å². The molecule has 0 bridgehead atoms. The monoisotopic (exact) mass is 400 g/mol. The molecule has 7 heteroatoms. The number of nitrogens with zero attached hydrogens (tertiary/aromatic N) is 2. The van der Waals surface area contributed by atoms with Gasteiger partial charge in [-0.1, -0.05) is 0 Å². The van der Waals surface area contributed by atoms with Gasteiger partial charge in [-0.3, -0.25) is 4.79 Å². The van der Waals surface area contributed by atoms with Gasteiger partial charge in [0, 0.05) is 17.6 Å². The molecule has 1 amide bonds. The number of hydrogen-bond acceptors (Lipinski definition) is 3. The summed E-state index contributed by atoms with van der Waals surface area (Å²) in [6.07, 6.45) is 0. The van der Waals surface area contributed by atoms with Gasteiger partial charge in [0.2, 0.25) is 0 Å². The van der Waals surface area contributed by atoms with Crippen molar-refractivity contribution >= 4 is 34.2 Å². The van der Waals surface area contributed by atoms with Gasteiger partial charge in [-0.15, -0.1) is 12.4 Å². The molecule has 0 atom stereocenters. The molecule has 3 N–H and O–H groups in total. The van der Waals surface area contributed by atoms with Crippen LogP contribution < -0.4 is 11.1 Å². The van der Waals surface area contributed by atoms with E-state index in [4.69, 9.17) is 5.73 Å². The van der Waals surface area contributed by atoms with Gasteiger partial charge in [0.15, 0.2) is 0 Å². The minimum absolute atomic E-state index is 0. The summed E-state index contributed by atoms with van der Waals surface area (Å²) < 4.78 is 2.85. The molecule has 2 aromatic rings. The van der Waals surface area contributed by atoms with Crippen molar-refractivity contribution in [2.45, 2.75) is 33.2 Å². The third-order valence-electron chi connectivity index (χ3n) is 3.54. The minimum Gasteiger partial charge on any atom is -0.346 e. The van der Waals surface area contributed by atoms with Crippen molar-refractivity contribution in [3.8, 4) is 5.69 Å². The molecule has 0 fully saturated rings. The number of carbonyl (C=O) groups is 1. The van der Waals surface area contributed by atoms with E-state index in [0.717, 1.165) is 21.5 Å². The summed E-state index contributed by atoms with van der Waals surface area (Å²) in [5.41, 5.74) is 8.70. The first-order valence-corrected chi connectivity index (χ1v) is 7.89. The van der Waals surface area contributed by atoms with Gasteiger partial charge >= 0.3 is 0 Å². The van der Waals surface area contributed by atoms with Crippen molar-refractivity contribution in [3.05, 3.63) is 45.7 Å². The lowest BCUT2D eigenvalue weighted by Crippen LogP contribution is -2.48. The predicted molar refractivity (Wildman–Crippen MR) is 98.6 cm³/mol. The minimum atomic E-state index is -0.420. The van der Waals surface area contributed by atoms with E-state index in [1.807, 2.05) is 44.5 Å². The van der Waals surface area contributed by atoms with Crippen molar-refractivity contribution in [1.82, 2.24) is 15.1 Å². The maximum absolute atomic E-state index is 12.2. The second-order valence-corrected chi connectivity index (χ2v) is 6.78. The van der Waals surface area contributed by atoms with Gasteiger partial charge in [0.1, 0.15) is 0 Å². The molecular weight excluding hydrogens is 380 g/mol. The van der Waals surface area contributed by atoms with Gasteiger partial charge in [-0.05, 0) is 67.9 Å². The van der Waals surface area contributed by atoms with E-state index in [-0.39, 0.29) is 18.3 Å². The van der Waals surface area contributed by atoms with Crippen LogP contribution in [0.4, 0.5) is 0 Å². The first-order valence-electron chi connectivity index (χ1n) is 7.10. The van der Waals surface area contributed by atoms with E-state index in [0.29, 0.717) is 12.1 Å². The van der Waals surface area contributed by atoms with Crippen LogP contribution in [-0.4, -0.2) is 27.8 Å². The lowest BCUT2D eigenvalue weighted by atomic mass is 10.1. The van der Waals surface area contributed by atoms with Crippen molar-refractivity contribution < 1.29 is 4.79 Å². The van der Waals surface area contributed by atoms with Crippen LogP contribution in [0.1, 0.15) is 35.6 Å². The largest absolute Gasteiger partial charge is 0.346 e. The summed E-state index contributed by atoms with van der Waals surface area (Å²) in [5, 5.41) is 7.39. The summed E-state index contributed by atoms with van der Waals surface area (Å²) in [6, 6.07) is 7.36.